The lowest BCUT2D eigenvalue weighted by Crippen LogP contribution is -2.53. The minimum atomic E-state index is -4.57. The summed E-state index contributed by atoms with van der Waals surface area (Å²) in [5, 5.41) is 4.78. The molecule has 0 spiro atoms. The highest BCUT2D eigenvalue weighted by Crippen LogP contribution is 2.29. The molecule has 0 aliphatic heterocycles. The van der Waals surface area contributed by atoms with Gasteiger partial charge in [-0.2, -0.15) is 13.2 Å². The van der Waals surface area contributed by atoms with Crippen molar-refractivity contribution in [3.63, 3.8) is 0 Å². The van der Waals surface area contributed by atoms with E-state index in [1.807, 2.05) is 0 Å². The maximum absolute atomic E-state index is 14.0. The maximum atomic E-state index is 14.0. The normalized spacial score (nSPS) is 13.1. The number of carbonyl (C=O) groups excluding carboxylic acids is 3. The van der Waals surface area contributed by atoms with E-state index in [2.05, 4.69) is 15.4 Å². The minimum absolute atomic E-state index is 0.140. The summed E-state index contributed by atoms with van der Waals surface area (Å²) in [6.45, 7) is 1.17. The number of esters is 1. The van der Waals surface area contributed by atoms with E-state index < -0.39 is 47.4 Å². The molecule has 6 nitrogen and oxygen atoms in total. The molecule has 2 aromatic carbocycles. The van der Waals surface area contributed by atoms with E-state index in [-0.39, 0.29) is 24.0 Å². The lowest BCUT2D eigenvalue weighted by atomic mass is 10.0. The van der Waals surface area contributed by atoms with Crippen LogP contribution in [0.1, 0.15) is 23.6 Å². The van der Waals surface area contributed by atoms with Crippen molar-refractivity contribution in [3.05, 3.63) is 71.0 Å². The number of carbonyl (C=O) groups is 3. The SMILES string of the molecule is COC(=O)[C@@H](Cc1cccc(C(F)(F)F)c1)NC(=O)[C@@H](Cc1ccccc1F)NC(C)=O. The molecule has 0 aliphatic rings. The Hall–Kier alpha value is -3.43. The number of amides is 2. The molecule has 0 aliphatic carbocycles. The van der Waals surface area contributed by atoms with E-state index in [0.717, 1.165) is 19.2 Å². The van der Waals surface area contributed by atoms with Crippen LogP contribution in [0.5, 0.6) is 0 Å². The van der Waals surface area contributed by atoms with Crippen molar-refractivity contribution in [2.24, 2.45) is 0 Å². The van der Waals surface area contributed by atoms with Crippen LogP contribution in [0.4, 0.5) is 17.6 Å². The van der Waals surface area contributed by atoms with Gasteiger partial charge in [0.2, 0.25) is 11.8 Å². The predicted molar refractivity (Wildman–Crippen MR) is 107 cm³/mol. The van der Waals surface area contributed by atoms with E-state index in [1.54, 1.807) is 6.07 Å². The van der Waals surface area contributed by atoms with Gasteiger partial charge in [0, 0.05) is 19.8 Å². The molecule has 0 bridgehead atoms. The average Bonchev–Trinajstić information content (AvgIpc) is 2.73. The number of hydrogen-bond donors (Lipinski definition) is 2. The largest absolute Gasteiger partial charge is 0.467 e. The second-order valence-corrected chi connectivity index (χ2v) is 7.04. The van der Waals surface area contributed by atoms with E-state index in [0.29, 0.717) is 0 Å². The number of alkyl halides is 3. The molecule has 32 heavy (non-hydrogen) atoms. The highest BCUT2D eigenvalue weighted by Gasteiger charge is 2.32. The Morgan fingerprint density at radius 1 is 0.969 bits per heavy atom. The fraction of sp³-hybridized carbons (Fsp3) is 0.318. The number of nitrogens with one attached hydrogen (secondary N) is 2. The van der Waals surface area contributed by atoms with Crippen LogP contribution in [0.3, 0.4) is 0 Å². The number of ether oxygens (including phenoxy) is 1. The number of hydrogen-bond acceptors (Lipinski definition) is 4. The quantitative estimate of drug-likeness (QED) is 0.475. The molecule has 0 fully saturated rings. The molecule has 0 saturated heterocycles. The van der Waals surface area contributed by atoms with Gasteiger partial charge < -0.3 is 15.4 Å². The molecular weight excluding hydrogens is 432 g/mol. The van der Waals surface area contributed by atoms with Crippen LogP contribution < -0.4 is 10.6 Å². The highest BCUT2D eigenvalue weighted by molar-refractivity contribution is 5.90. The molecular formula is C22H22F4N2O4. The Bertz CT molecular complexity index is 978. The van der Waals surface area contributed by atoms with Gasteiger partial charge in [0.25, 0.3) is 0 Å². The molecule has 0 aromatic heterocycles. The minimum Gasteiger partial charge on any atom is -0.467 e. The zero-order valence-electron chi connectivity index (χ0n) is 17.3. The summed E-state index contributed by atoms with van der Waals surface area (Å²) in [5.41, 5.74) is -0.602. The molecule has 2 rings (SSSR count). The van der Waals surface area contributed by atoms with Crippen LogP contribution in [0.2, 0.25) is 0 Å². The Balaban J connectivity index is 2.23. The lowest BCUT2D eigenvalue weighted by Gasteiger charge is -2.22. The molecule has 2 atom stereocenters. The van der Waals surface area contributed by atoms with E-state index >= 15 is 0 Å². The summed E-state index contributed by atoms with van der Waals surface area (Å²) in [6.07, 6.45) is -5.05. The van der Waals surface area contributed by atoms with Crippen LogP contribution in [0, 0.1) is 5.82 Å². The lowest BCUT2D eigenvalue weighted by molar-refractivity contribution is -0.145. The summed E-state index contributed by atoms with van der Waals surface area (Å²) < 4.78 is 57.6. The Morgan fingerprint density at radius 3 is 2.25 bits per heavy atom. The monoisotopic (exact) mass is 454 g/mol. The first-order valence-electron chi connectivity index (χ1n) is 9.56. The smallest absolute Gasteiger partial charge is 0.416 e. The number of benzene rings is 2. The van der Waals surface area contributed by atoms with Crippen molar-refractivity contribution < 1.29 is 36.7 Å². The summed E-state index contributed by atoms with van der Waals surface area (Å²) in [5.74, 6) is -2.84. The predicted octanol–water partition coefficient (Wildman–Crippen LogP) is 2.79. The molecule has 2 aromatic rings. The summed E-state index contributed by atoms with van der Waals surface area (Å²) in [6, 6.07) is 7.44. The van der Waals surface area contributed by atoms with Gasteiger partial charge in [0.15, 0.2) is 0 Å². The topological polar surface area (TPSA) is 84.5 Å². The van der Waals surface area contributed by atoms with E-state index in [4.69, 9.17) is 0 Å². The maximum Gasteiger partial charge on any atom is 0.416 e. The highest BCUT2D eigenvalue weighted by atomic mass is 19.4. The second kappa shape index (κ2) is 10.7. The van der Waals surface area contributed by atoms with Crippen molar-refractivity contribution in [2.75, 3.05) is 7.11 Å². The number of rotatable bonds is 8. The summed E-state index contributed by atoms with van der Waals surface area (Å²) in [7, 11) is 1.07. The van der Waals surface area contributed by atoms with Gasteiger partial charge in [0.05, 0.1) is 12.7 Å². The first-order valence-corrected chi connectivity index (χ1v) is 9.56. The Labute approximate surface area is 181 Å². The van der Waals surface area contributed by atoms with Crippen LogP contribution in [0.15, 0.2) is 48.5 Å². The first kappa shape index (κ1) is 24.8. The first-order chi connectivity index (χ1) is 15.0. The summed E-state index contributed by atoms with van der Waals surface area (Å²) in [4.78, 5) is 36.5. The van der Waals surface area contributed by atoms with E-state index in [1.165, 1.54) is 37.3 Å². The average molecular weight is 454 g/mol. The van der Waals surface area contributed by atoms with Gasteiger partial charge in [-0.15, -0.1) is 0 Å². The van der Waals surface area contributed by atoms with Crippen LogP contribution >= 0.6 is 0 Å². The third-order valence-electron chi connectivity index (χ3n) is 4.57. The van der Waals surface area contributed by atoms with Crippen LogP contribution in [0.25, 0.3) is 0 Å². The molecule has 2 amide bonds. The molecule has 2 N–H and O–H groups in total. The van der Waals surface area contributed by atoms with Gasteiger partial charge in [0.1, 0.15) is 17.9 Å². The van der Waals surface area contributed by atoms with Crippen LogP contribution in [-0.4, -0.2) is 37.0 Å². The fourth-order valence-corrected chi connectivity index (χ4v) is 3.06. The molecule has 0 radical (unpaired) electrons. The van der Waals surface area contributed by atoms with Crippen molar-refractivity contribution >= 4 is 17.8 Å². The van der Waals surface area contributed by atoms with Gasteiger partial charge in [-0.3, -0.25) is 9.59 Å². The third kappa shape index (κ3) is 7.07. The van der Waals surface area contributed by atoms with Gasteiger partial charge in [-0.25, -0.2) is 9.18 Å². The molecule has 172 valence electrons. The molecule has 10 heteroatoms. The van der Waals surface area contributed by atoms with E-state index in [9.17, 15) is 31.9 Å². The summed E-state index contributed by atoms with van der Waals surface area (Å²) >= 11 is 0. The molecule has 0 saturated carbocycles. The Morgan fingerprint density at radius 2 is 1.66 bits per heavy atom. The number of halogens is 4. The fourth-order valence-electron chi connectivity index (χ4n) is 3.06. The van der Waals surface area contributed by atoms with Crippen molar-refractivity contribution in [1.82, 2.24) is 10.6 Å². The Kier molecular flexibility index (Phi) is 8.34. The zero-order chi connectivity index (χ0) is 23.9. The standard InChI is InChI=1S/C22H22F4N2O4/c1-13(29)27-18(12-15-7-3-4-9-17(15)23)20(30)28-19(21(31)32-2)11-14-6-5-8-16(10-14)22(24,25)26/h3-10,18-19H,11-12H2,1-2H3,(H,27,29)(H,28,30)/t18-,19-/m1/s1. The van der Waals surface area contributed by atoms with Crippen LogP contribution in [-0.2, 0) is 38.1 Å². The number of methoxy groups -OCH3 is 1. The van der Waals surface area contributed by atoms with Gasteiger partial charge in [-0.1, -0.05) is 36.4 Å². The third-order valence-corrected chi connectivity index (χ3v) is 4.57. The van der Waals surface area contributed by atoms with Crippen molar-refractivity contribution in [3.8, 4) is 0 Å². The second-order valence-electron chi connectivity index (χ2n) is 7.04. The zero-order valence-corrected chi connectivity index (χ0v) is 17.3. The van der Waals surface area contributed by atoms with Crippen molar-refractivity contribution in [1.29, 1.82) is 0 Å². The van der Waals surface area contributed by atoms with Crippen molar-refractivity contribution in [2.45, 2.75) is 38.0 Å². The molecule has 0 unspecified atom stereocenters. The van der Waals surface area contributed by atoms with Gasteiger partial charge in [-0.05, 0) is 23.3 Å². The molecule has 0 heterocycles. The van der Waals surface area contributed by atoms with Gasteiger partial charge >= 0.3 is 12.1 Å².